The van der Waals surface area contributed by atoms with Crippen molar-refractivity contribution in [2.24, 2.45) is 5.92 Å². The van der Waals surface area contributed by atoms with Gasteiger partial charge < -0.3 is 10.0 Å². The molecule has 0 aliphatic carbocycles. The molecule has 5 nitrogen and oxygen atoms in total. The van der Waals surface area contributed by atoms with Crippen molar-refractivity contribution < 1.29 is 5.11 Å². The van der Waals surface area contributed by atoms with E-state index in [0.29, 0.717) is 5.92 Å². The molecule has 1 aliphatic heterocycles. The zero-order chi connectivity index (χ0) is 15.4. The maximum atomic E-state index is 9.42. The van der Waals surface area contributed by atoms with Gasteiger partial charge in [0.1, 0.15) is 5.82 Å². The highest BCUT2D eigenvalue weighted by Gasteiger charge is 2.21. The van der Waals surface area contributed by atoms with Crippen LogP contribution in [0.25, 0.3) is 11.4 Å². The molecule has 0 radical (unpaired) electrons. The Morgan fingerprint density at radius 2 is 2.09 bits per heavy atom. The molecule has 1 fully saturated rings. The maximum Gasteiger partial charge on any atom is 0.161 e. The van der Waals surface area contributed by atoms with Gasteiger partial charge in [-0.25, -0.2) is 9.97 Å². The minimum Gasteiger partial charge on any atom is -0.396 e. The van der Waals surface area contributed by atoms with E-state index in [2.05, 4.69) is 27.9 Å². The number of pyridine rings is 1. The molecule has 0 amide bonds. The van der Waals surface area contributed by atoms with E-state index in [0.717, 1.165) is 55.3 Å². The van der Waals surface area contributed by atoms with E-state index < -0.39 is 0 Å². The van der Waals surface area contributed by atoms with E-state index in [4.69, 9.17) is 4.98 Å². The van der Waals surface area contributed by atoms with Crippen LogP contribution in [-0.2, 0) is 6.42 Å². The maximum absolute atomic E-state index is 9.42. The second-order valence-electron chi connectivity index (χ2n) is 5.77. The van der Waals surface area contributed by atoms with Crippen molar-refractivity contribution in [3.8, 4) is 11.4 Å². The lowest BCUT2D eigenvalue weighted by Crippen LogP contribution is -2.37. The second kappa shape index (κ2) is 6.83. The van der Waals surface area contributed by atoms with Crippen LogP contribution < -0.4 is 4.90 Å². The van der Waals surface area contributed by atoms with Crippen molar-refractivity contribution in [3.63, 3.8) is 0 Å². The summed E-state index contributed by atoms with van der Waals surface area (Å²) in [4.78, 5) is 15.7. The third kappa shape index (κ3) is 3.25. The van der Waals surface area contributed by atoms with Crippen LogP contribution in [0.2, 0.25) is 0 Å². The Balaban J connectivity index is 1.94. The monoisotopic (exact) mass is 298 g/mol. The standard InChI is InChI=1S/C17H22N4O/c1-2-15-10-16(21-9-3-4-13(11-21)12-22)20-17(19-15)14-5-7-18-8-6-14/h5-8,10,13,22H,2-4,9,11-12H2,1H3/t13-/m1/s1. The van der Waals surface area contributed by atoms with Crippen LogP contribution in [0.1, 0.15) is 25.5 Å². The van der Waals surface area contributed by atoms with Gasteiger partial charge in [-0.3, -0.25) is 4.98 Å². The molecule has 2 aromatic heterocycles. The molecule has 0 aromatic carbocycles. The Morgan fingerprint density at radius 1 is 1.27 bits per heavy atom. The average molecular weight is 298 g/mol. The number of nitrogens with zero attached hydrogens (tertiary/aromatic N) is 4. The highest BCUT2D eigenvalue weighted by molar-refractivity contribution is 5.57. The van der Waals surface area contributed by atoms with Gasteiger partial charge in [0.15, 0.2) is 5.82 Å². The summed E-state index contributed by atoms with van der Waals surface area (Å²) in [6, 6.07) is 5.95. The van der Waals surface area contributed by atoms with Crippen LogP contribution >= 0.6 is 0 Å². The molecule has 22 heavy (non-hydrogen) atoms. The van der Waals surface area contributed by atoms with Crippen molar-refractivity contribution >= 4 is 5.82 Å². The first kappa shape index (κ1) is 14.9. The summed E-state index contributed by atoms with van der Waals surface area (Å²) in [5, 5.41) is 9.42. The van der Waals surface area contributed by atoms with Gasteiger partial charge in [-0.1, -0.05) is 6.92 Å². The van der Waals surface area contributed by atoms with Crippen LogP contribution in [0.15, 0.2) is 30.6 Å². The van der Waals surface area contributed by atoms with E-state index in [1.54, 1.807) is 12.4 Å². The summed E-state index contributed by atoms with van der Waals surface area (Å²) in [5.74, 6) is 2.07. The smallest absolute Gasteiger partial charge is 0.161 e. The van der Waals surface area contributed by atoms with Gasteiger partial charge >= 0.3 is 0 Å². The first-order valence-corrected chi connectivity index (χ1v) is 7.94. The largest absolute Gasteiger partial charge is 0.396 e. The number of hydrogen-bond acceptors (Lipinski definition) is 5. The summed E-state index contributed by atoms with van der Waals surface area (Å²) >= 11 is 0. The molecule has 0 spiro atoms. The van der Waals surface area contributed by atoms with Gasteiger partial charge in [-0.05, 0) is 37.3 Å². The fourth-order valence-corrected chi connectivity index (χ4v) is 2.88. The van der Waals surface area contributed by atoms with Crippen LogP contribution in [0, 0.1) is 5.92 Å². The molecule has 1 N–H and O–H groups in total. The molecular weight excluding hydrogens is 276 g/mol. The third-order valence-corrected chi connectivity index (χ3v) is 4.17. The van der Waals surface area contributed by atoms with Gasteiger partial charge in [0.05, 0.1) is 0 Å². The second-order valence-corrected chi connectivity index (χ2v) is 5.77. The van der Waals surface area contributed by atoms with Crippen LogP contribution in [-0.4, -0.2) is 39.8 Å². The van der Waals surface area contributed by atoms with Crippen LogP contribution in [0.5, 0.6) is 0 Å². The Kier molecular flexibility index (Phi) is 4.63. The number of aliphatic hydroxyl groups excluding tert-OH is 1. The molecule has 0 saturated carbocycles. The summed E-state index contributed by atoms with van der Waals surface area (Å²) < 4.78 is 0. The third-order valence-electron chi connectivity index (χ3n) is 4.17. The Labute approximate surface area is 131 Å². The normalized spacial score (nSPS) is 18.5. The SMILES string of the molecule is CCc1cc(N2CCC[C@@H](CO)C2)nc(-c2ccncc2)n1. The summed E-state index contributed by atoms with van der Waals surface area (Å²) in [6.07, 6.45) is 6.60. The van der Waals surface area contributed by atoms with Crippen molar-refractivity contribution in [1.29, 1.82) is 0 Å². The molecular formula is C17H22N4O. The lowest BCUT2D eigenvalue weighted by molar-refractivity contribution is 0.208. The Hall–Kier alpha value is -2.01. The highest BCUT2D eigenvalue weighted by atomic mass is 16.3. The van der Waals surface area contributed by atoms with E-state index >= 15 is 0 Å². The first-order chi connectivity index (χ1) is 10.8. The fraction of sp³-hybridized carbons (Fsp3) is 0.471. The topological polar surface area (TPSA) is 62.1 Å². The molecule has 0 bridgehead atoms. The molecule has 2 aromatic rings. The number of rotatable bonds is 4. The predicted molar refractivity (Wildman–Crippen MR) is 86.7 cm³/mol. The van der Waals surface area contributed by atoms with Gasteiger partial charge in [0, 0.05) is 49.4 Å². The lowest BCUT2D eigenvalue weighted by atomic mass is 9.99. The van der Waals surface area contributed by atoms with E-state index in [1.165, 1.54) is 0 Å². The van der Waals surface area contributed by atoms with Gasteiger partial charge in [-0.2, -0.15) is 0 Å². The Bertz CT molecular complexity index is 617. The molecule has 3 heterocycles. The average Bonchev–Trinajstić information content (AvgIpc) is 2.62. The lowest BCUT2D eigenvalue weighted by Gasteiger charge is -2.33. The number of hydrogen-bond donors (Lipinski definition) is 1. The van der Waals surface area contributed by atoms with Crippen molar-refractivity contribution in [2.45, 2.75) is 26.2 Å². The number of aromatic nitrogens is 3. The van der Waals surface area contributed by atoms with Gasteiger partial charge in [0.2, 0.25) is 0 Å². The quantitative estimate of drug-likeness (QED) is 0.938. The van der Waals surface area contributed by atoms with Crippen molar-refractivity contribution in [2.75, 3.05) is 24.6 Å². The molecule has 3 rings (SSSR count). The van der Waals surface area contributed by atoms with Crippen molar-refractivity contribution in [3.05, 3.63) is 36.3 Å². The molecule has 116 valence electrons. The van der Waals surface area contributed by atoms with Gasteiger partial charge in [-0.15, -0.1) is 0 Å². The summed E-state index contributed by atoms with van der Waals surface area (Å²) in [6.45, 7) is 4.22. The van der Waals surface area contributed by atoms with E-state index in [1.807, 2.05) is 12.1 Å². The van der Waals surface area contributed by atoms with Crippen molar-refractivity contribution in [1.82, 2.24) is 15.0 Å². The molecule has 0 unspecified atom stereocenters. The van der Waals surface area contributed by atoms with E-state index in [-0.39, 0.29) is 6.61 Å². The highest BCUT2D eigenvalue weighted by Crippen LogP contribution is 2.24. The predicted octanol–water partition coefficient (Wildman–Crippen LogP) is 2.31. The first-order valence-electron chi connectivity index (χ1n) is 7.94. The van der Waals surface area contributed by atoms with Crippen LogP contribution in [0.3, 0.4) is 0 Å². The Morgan fingerprint density at radius 3 is 2.82 bits per heavy atom. The summed E-state index contributed by atoms with van der Waals surface area (Å²) in [7, 11) is 0. The minimum absolute atomic E-state index is 0.249. The minimum atomic E-state index is 0.249. The summed E-state index contributed by atoms with van der Waals surface area (Å²) in [5.41, 5.74) is 2.03. The number of aryl methyl sites for hydroxylation is 1. The number of piperidine rings is 1. The number of anilines is 1. The zero-order valence-electron chi connectivity index (χ0n) is 12.9. The number of aliphatic hydroxyl groups is 1. The fourth-order valence-electron chi connectivity index (χ4n) is 2.88. The molecule has 5 heteroatoms. The van der Waals surface area contributed by atoms with E-state index in [9.17, 15) is 5.11 Å². The van der Waals surface area contributed by atoms with Gasteiger partial charge in [0.25, 0.3) is 0 Å². The zero-order valence-corrected chi connectivity index (χ0v) is 12.9. The molecule has 1 aliphatic rings. The molecule has 1 atom stereocenters. The molecule has 1 saturated heterocycles. The van der Waals surface area contributed by atoms with Crippen LogP contribution in [0.4, 0.5) is 5.82 Å².